The minimum Gasteiger partial charge on any atom is -0.331 e. The average molecular weight is 348 g/mol. The predicted octanol–water partition coefficient (Wildman–Crippen LogP) is 2.18. The molecule has 24 heavy (non-hydrogen) atoms. The lowest BCUT2D eigenvalue weighted by Gasteiger charge is -2.15. The van der Waals surface area contributed by atoms with Crippen LogP contribution in [0.4, 0.5) is 10.5 Å². The Balaban J connectivity index is 2.11. The number of nitrogens with one attached hydrogen (secondary N) is 3. The molecule has 1 atom stereocenters. The van der Waals surface area contributed by atoms with Gasteiger partial charge in [-0.2, -0.15) is 0 Å². The average Bonchev–Trinajstić information content (AvgIpc) is 2.57. The summed E-state index contributed by atoms with van der Waals surface area (Å²) in [5.74, 6) is 0. The molecule has 3 N–H and O–H groups in total. The highest BCUT2D eigenvalue weighted by atomic mass is 32.2. The van der Waals surface area contributed by atoms with E-state index in [1.54, 1.807) is 31.5 Å². The van der Waals surface area contributed by atoms with E-state index in [0.717, 1.165) is 5.56 Å². The van der Waals surface area contributed by atoms with Crippen molar-refractivity contribution in [3.8, 4) is 0 Å². The van der Waals surface area contributed by atoms with Crippen molar-refractivity contribution in [2.24, 2.45) is 0 Å². The number of amides is 2. The normalized spacial score (nSPS) is 12.5. The SMILES string of the molecule is CNS(=O)(=O)c1cc(NC(=O)NC(C)c2ccncc2)ccc1C. The summed E-state index contributed by atoms with van der Waals surface area (Å²) in [5.41, 5.74) is 1.91. The van der Waals surface area contributed by atoms with Crippen molar-refractivity contribution in [1.82, 2.24) is 15.0 Å². The number of aryl methyl sites for hydroxylation is 1. The summed E-state index contributed by atoms with van der Waals surface area (Å²) < 4.78 is 26.2. The first-order valence-electron chi connectivity index (χ1n) is 7.35. The molecule has 1 aromatic heterocycles. The van der Waals surface area contributed by atoms with Crippen molar-refractivity contribution in [2.45, 2.75) is 24.8 Å². The Bertz CT molecular complexity index is 822. The van der Waals surface area contributed by atoms with Crippen LogP contribution < -0.4 is 15.4 Å². The first-order valence-corrected chi connectivity index (χ1v) is 8.83. The van der Waals surface area contributed by atoms with Crippen LogP contribution in [0.5, 0.6) is 0 Å². The van der Waals surface area contributed by atoms with Gasteiger partial charge in [-0.05, 0) is 56.3 Å². The van der Waals surface area contributed by atoms with Crippen LogP contribution in [0.25, 0.3) is 0 Å². The second-order valence-electron chi connectivity index (χ2n) is 5.29. The molecule has 2 aromatic rings. The van der Waals surface area contributed by atoms with Crippen molar-refractivity contribution in [3.63, 3.8) is 0 Å². The number of carbonyl (C=O) groups excluding carboxylic acids is 1. The van der Waals surface area contributed by atoms with Crippen molar-refractivity contribution >= 4 is 21.7 Å². The van der Waals surface area contributed by atoms with E-state index in [2.05, 4.69) is 20.3 Å². The fraction of sp³-hybridized carbons (Fsp3) is 0.250. The number of hydrogen-bond acceptors (Lipinski definition) is 4. The zero-order valence-corrected chi connectivity index (χ0v) is 14.5. The topological polar surface area (TPSA) is 100 Å². The van der Waals surface area contributed by atoms with E-state index in [9.17, 15) is 13.2 Å². The molecule has 128 valence electrons. The van der Waals surface area contributed by atoms with Crippen LogP contribution in [0.1, 0.15) is 24.1 Å². The highest BCUT2D eigenvalue weighted by Gasteiger charge is 2.16. The fourth-order valence-electron chi connectivity index (χ4n) is 2.18. The van der Waals surface area contributed by atoms with Crippen molar-refractivity contribution in [2.75, 3.05) is 12.4 Å². The van der Waals surface area contributed by atoms with E-state index < -0.39 is 16.1 Å². The van der Waals surface area contributed by atoms with Gasteiger partial charge >= 0.3 is 6.03 Å². The number of anilines is 1. The molecule has 0 bridgehead atoms. The molecule has 0 aliphatic rings. The van der Waals surface area contributed by atoms with Crippen LogP contribution in [0.3, 0.4) is 0 Å². The van der Waals surface area contributed by atoms with Gasteiger partial charge in [0.1, 0.15) is 0 Å². The number of sulfonamides is 1. The van der Waals surface area contributed by atoms with E-state index >= 15 is 0 Å². The third-order valence-corrected chi connectivity index (χ3v) is 5.11. The monoisotopic (exact) mass is 348 g/mol. The maximum Gasteiger partial charge on any atom is 0.319 e. The lowest BCUT2D eigenvalue weighted by Crippen LogP contribution is -2.31. The van der Waals surface area contributed by atoms with Gasteiger partial charge in [-0.15, -0.1) is 0 Å². The smallest absolute Gasteiger partial charge is 0.319 e. The third kappa shape index (κ3) is 4.30. The number of hydrogen-bond donors (Lipinski definition) is 3. The summed E-state index contributed by atoms with van der Waals surface area (Å²) >= 11 is 0. The summed E-state index contributed by atoms with van der Waals surface area (Å²) in [6.07, 6.45) is 3.31. The van der Waals surface area contributed by atoms with Gasteiger partial charge in [0.25, 0.3) is 0 Å². The lowest BCUT2D eigenvalue weighted by molar-refractivity contribution is 0.249. The summed E-state index contributed by atoms with van der Waals surface area (Å²) in [5, 5.41) is 5.44. The Kier molecular flexibility index (Phi) is 5.53. The number of pyridine rings is 1. The fourth-order valence-corrected chi connectivity index (χ4v) is 3.17. The van der Waals surface area contributed by atoms with E-state index in [0.29, 0.717) is 11.3 Å². The van der Waals surface area contributed by atoms with E-state index in [1.807, 2.05) is 19.1 Å². The highest BCUT2D eigenvalue weighted by molar-refractivity contribution is 7.89. The summed E-state index contributed by atoms with van der Waals surface area (Å²) in [6, 6.07) is 7.72. The maximum atomic E-state index is 12.1. The van der Waals surface area contributed by atoms with E-state index in [4.69, 9.17) is 0 Å². The molecule has 2 amide bonds. The van der Waals surface area contributed by atoms with Gasteiger partial charge in [0, 0.05) is 18.1 Å². The quantitative estimate of drug-likeness (QED) is 0.771. The molecule has 1 unspecified atom stereocenters. The zero-order valence-electron chi connectivity index (χ0n) is 13.7. The van der Waals surface area contributed by atoms with Gasteiger partial charge in [-0.3, -0.25) is 4.98 Å². The Labute approximate surface area is 141 Å². The Hall–Kier alpha value is -2.45. The molecule has 0 saturated heterocycles. The van der Waals surface area contributed by atoms with Crippen LogP contribution in [0, 0.1) is 6.92 Å². The molecule has 0 aliphatic heterocycles. The maximum absolute atomic E-state index is 12.1. The number of urea groups is 1. The van der Waals surface area contributed by atoms with Crippen molar-refractivity contribution < 1.29 is 13.2 Å². The van der Waals surface area contributed by atoms with Crippen LogP contribution >= 0.6 is 0 Å². The van der Waals surface area contributed by atoms with Gasteiger partial charge in [0.2, 0.25) is 10.0 Å². The molecule has 1 aromatic carbocycles. The molecular weight excluding hydrogens is 328 g/mol. The van der Waals surface area contributed by atoms with Crippen LogP contribution in [-0.2, 0) is 10.0 Å². The Morgan fingerprint density at radius 1 is 1.17 bits per heavy atom. The van der Waals surface area contributed by atoms with Crippen molar-refractivity contribution in [3.05, 3.63) is 53.9 Å². The number of nitrogens with zero attached hydrogens (tertiary/aromatic N) is 1. The molecule has 8 heteroatoms. The molecular formula is C16H20N4O3S. The first-order chi connectivity index (χ1) is 11.3. The van der Waals surface area contributed by atoms with E-state index in [-0.39, 0.29) is 10.9 Å². The Morgan fingerprint density at radius 3 is 2.46 bits per heavy atom. The standard InChI is InChI=1S/C16H20N4O3S/c1-11-4-5-14(10-15(11)24(22,23)17-3)20-16(21)19-12(2)13-6-8-18-9-7-13/h4-10,12,17H,1-3H3,(H2,19,20,21). The number of aromatic nitrogens is 1. The predicted molar refractivity (Wildman–Crippen MR) is 92.2 cm³/mol. The summed E-state index contributed by atoms with van der Waals surface area (Å²) in [4.78, 5) is 16.2. The Morgan fingerprint density at radius 2 is 1.83 bits per heavy atom. The minimum absolute atomic E-state index is 0.130. The number of benzene rings is 1. The molecule has 0 fully saturated rings. The minimum atomic E-state index is -3.58. The number of rotatable bonds is 5. The lowest BCUT2D eigenvalue weighted by atomic mass is 10.1. The van der Waals surface area contributed by atoms with Crippen molar-refractivity contribution in [1.29, 1.82) is 0 Å². The number of carbonyl (C=O) groups is 1. The second kappa shape index (κ2) is 7.41. The second-order valence-corrected chi connectivity index (χ2v) is 7.14. The third-order valence-electron chi connectivity index (χ3n) is 3.56. The van der Waals surface area contributed by atoms with Gasteiger partial charge in [-0.25, -0.2) is 17.9 Å². The molecule has 7 nitrogen and oxygen atoms in total. The van der Waals surface area contributed by atoms with Crippen LogP contribution in [0.15, 0.2) is 47.6 Å². The van der Waals surface area contributed by atoms with Gasteiger partial charge < -0.3 is 10.6 Å². The van der Waals surface area contributed by atoms with Crippen LogP contribution in [0.2, 0.25) is 0 Å². The highest BCUT2D eigenvalue weighted by Crippen LogP contribution is 2.20. The van der Waals surface area contributed by atoms with E-state index in [1.165, 1.54) is 13.1 Å². The molecule has 0 radical (unpaired) electrons. The zero-order chi connectivity index (χ0) is 17.7. The molecule has 0 saturated carbocycles. The van der Waals surface area contributed by atoms with Gasteiger partial charge in [-0.1, -0.05) is 6.07 Å². The largest absolute Gasteiger partial charge is 0.331 e. The molecule has 0 spiro atoms. The van der Waals surface area contributed by atoms with Gasteiger partial charge in [0.15, 0.2) is 0 Å². The molecule has 2 rings (SSSR count). The molecule has 1 heterocycles. The summed E-state index contributed by atoms with van der Waals surface area (Å²) in [7, 11) is -2.24. The molecule has 0 aliphatic carbocycles. The van der Waals surface area contributed by atoms with Gasteiger partial charge in [0.05, 0.1) is 10.9 Å². The first kappa shape index (κ1) is 17.9. The summed E-state index contributed by atoms with van der Waals surface area (Å²) in [6.45, 7) is 3.54. The van der Waals surface area contributed by atoms with Crippen LogP contribution in [-0.4, -0.2) is 26.5 Å².